The van der Waals surface area contributed by atoms with Gasteiger partial charge in [0.1, 0.15) is 23.4 Å². The standard InChI is InChI=1S/C31H53N3O5/c1-9-12-13-14-15-20-34(29(37)26(22(4)11-3)33-30(38)39-31(6,7)8)27(24-18-16-19-25(35)21-24)28(36)32-23(5)17-10-2/h16,18-19,21-23,26-27,35H,9-15,17,20H2,1-8H3,(H,32,36)(H,33,38). The molecule has 0 heterocycles. The number of phenols is 1. The molecule has 0 aliphatic carbocycles. The molecule has 1 rings (SSSR count). The second-order valence-electron chi connectivity index (χ2n) is 11.7. The summed E-state index contributed by atoms with van der Waals surface area (Å²) in [6, 6.07) is 4.60. The molecule has 0 bridgehead atoms. The van der Waals surface area contributed by atoms with E-state index in [1.54, 1.807) is 43.9 Å². The molecule has 1 aromatic rings. The molecular weight excluding hydrogens is 494 g/mol. The third-order valence-corrected chi connectivity index (χ3v) is 6.79. The van der Waals surface area contributed by atoms with Crippen LogP contribution in [-0.2, 0) is 14.3 Å². The maximum absolute atomic E-state index is 14.3. The van der Waals surface area contributed by atoms with E-state index in [-0.39, 0.29) is 29.5 Å². The van der Waals surface area contributed by atoms with Gasteiger partial charge in [-0.25, -0.2) is 4.79 Å². The maximum atomic E-state index is 14.3. The Morgan fingerprint density at radius 1 is 0.974 bits per heavy atom. The first-order valence-electron chi connectivity index (χ1n) is 14.7. The zero-order chi connectivity index (χ0) is 29.6. The highest BCUT2D eigenvalue weighted by molar-refractivity contribution is 5.92. The number of hydrogen-bond donors (Lipinski definition) is 3. The second kappa shape index (κ2) is 17.0. The van der Waals surface area contributed by atoms with Crippen LogP contribution in [0.5, 0.6) is 5.75 Å². The van der Waals surface area contributed by atoms with Gasteiger partial charge in [-0.15, -0.1) is 0 Å². The normalized spacial score (nSPS) is 14.6. The number of ether oxygens (including phenoxy) is 1. The summed E-state index contributed by atoms with van der Waals surface area (Å²) in [6.45, 7) is 15.7. The highest BCUT2D eigenvalue weighted by Crippen LogP contribution is 2.28. The molecule has 8 heteroatoms. The summed E-state index contributed by atoms with van der Waals surface area (Å²) in [4.78, 5) is 42.4. The molecular formula is C31H53N3O5. The van der Waals surface area contributed by atoms with Crippen molar-refractivity contribution in [2.24, 2.45) is 5.92 Å². The summed E-state index contributed by atoms with van der Waals surface area (Å²) in [5, 5.41) is 16.1. The maximum Gasteiger partial charge on any atom is 0.408 e. The van der Waals surface area contributed by atoms with Crippen LogP contribution in [0.4, 0.5) is 4.79 Å². The minimum atomic E-state index is -0.956. The van der Waals surface area contributed by atoms with Crippen molar-refractivity contribution < 1.29 is 24.2 Å². The number of aromatic hydroxyl groups is 1. The van der Waals surface area contributed by atoms with Crippen molar-refractivity contribution in [3.63, 3.8) is 0 Å². The van der Waals surface area contributed by atoms with Crippen LogP contribution in [-0.4, -0.2) is 52.1 Å². The predicted octanol–water partition coefficient (Wildman–Crippen LogP) is 6.48. The van der Waals surface area contributed by atoms with Gasteiger partial charge in [-0.2, -0.15) is 0 Å². The zero-order valence-electron chi connectivity index (χ0n) is 25.5. The van der Waals surface area contributed by atoms with Crippen LogP contribution in [0.2, 0.25) is 0 Å². The first-order chi connectivity index (χ1) is 18.3. The Balaban J connectivity index is 3.51. The number of nitrogens with one attached hydrogen (secondary N) is 2. The Hall–Kier alpha value is -2.77. The van der Waals surface area contributed by atoms with Crippen LogP contribution < -0.4 is 10.6 Å². The van der Waals surface area contributed by atoms with Gasteiger partial charge in [0.2, 0.25) is 11.8 Å². The molecule has 4 unspecified atom stereocenters. The molecule has 0 aliphatic heterocycles. The van der Waals surface area contributed by atoms with Gasteiger partial charge < -0.3 is 25.4 Å². The monoisotopic (exact) mass is 547 g/mol. The van der Waals surface area contributed by atoms with E-state index in [1.165, 1.54) is 6.07 Å². The average Bonchev–Trinajstić information content (AvgIpc) is 2.84. The number of alkyl carbamates (subject to hydrolysis) is 1. The molecule has 0 spiro atoms. The Kier molecular flexibility index (Phi) is 15.0. The summed E-state index contributed by atoms with van der Waals surface area (Å²) < 4.78 is 5.47. The first-order valence-corrected chi connectivity index (χ1v) is 14.7. The number of hydrogen-bond acceptors (Lipinski definition) is 5. The fraction of sp³-hybridized carbons (Fsp3) is 0.710. The lowest BCUT2D eigenvalue weighted by atomic mass is 9.95. The minimum Gasteiger partial charge on any atom is -0.508 e. The van der Waals surface area contributed by atoms with Crippen LogP contribution in [0.1, 0.15) is 118 Å². The molecule has 8 nitrogen and oxygen atoms in total. The summed E-state index contributed by atoms with van der Waals surface area (Å²) >= 11 is 0. The van der Waals surface area contributed by atoms with E-state index in [4.69, 9.17) is 4.74 Å². The van der Waals surface area contributed by atoms with Crippen LogP contribution in [0.15, 0.2) is 24.3 Å². The van der Waals surface area contributed by atoms with E-state index in [0.717, 1.165) is 44.9 Å². The third kappa shape index (κ3) is 12.3. The summed E-state index contributed by atoms with van der Waals surface area (Å²) in [5.74, 6) is -0.812. The zero-order valence-corrected chi connectivity index (χ0v) is 25.5. The Morgan fingerprint density at radius 3 is 2.21 bits per heavy atom. The van der Waals surface area contributed by atoms with Crippen molar-refractivity contribution in [3.8, 4) is 5.75 Å². The fourth-order valence-corrected chi connectivity index (χ4v) is 4.54. The van der Waals surface area contributed by atoms with Crippen molar-refractivity contribution >= 4 is 17.9 Å². The minimum absolute atomic E-state index is 0.0209. The lowest BCUT2D eigenvalue weighted by molar-refractivity contribution is -0.143. The number of phenolic OH excluding ortho intramolecular Hbond substituents is 1. The first kappa shape index (κ1) is 34.3. The topological polar surface area (TPSA) is 108 Å². The molecule has 0 aromatic heterocycles. The number of rotatable bonds is 16. The van der Waals surface area contributed by atoms with Gasteiger partial charge in [-0.05, 0) is 64.2 Å². The van der Waals surface area contributed by atoms with Crippen molar-refractivity contribution in [2.75, 3.05) is 6.54 Å². The van der Waals surface area contributed by atoms with Gasteiger partial charge in [0.25, 0.3) is 0 Å². The van der Waals surface area contributed by atoms with Crippen molar-refractivity contribution in [2.45, 2.75) is 130 Å². The average molecular weight is 548 g/mol. The molecule has 3 amide bonds. The van der Waals surface area contributed by atoms with Crippen LogP contribution in [0, 0.1) is 5.92 Å². The van der Waals surface area contributed by atoms with Gasteiger partial charge in [0, 0.05) is 12.6 Å². The van der Waals surface area contributed by atoms with Crippen LogP contribution >= 0.6 is 0 Å². The van der Waals surface area contributed by atoms with E-state index in [0.29, 0.717) is 18.5 Å². The summed E-state index contributed by atoms with van der Waals surface area (Å²) in [7, 11) is 0. The lowest BCUT2D eigenvalue weighted by Crippen LogP contribution is -2.55. The molecule has 0 saturated carbocycles. The quantitative estimate of drug-likeness (QED) is 0.205. The number of benzene rings is 1. The Morgan fingerprint density at radius 2 is 1.64 bits per heavy atom. The molecule has 4 atom stereocenters. The highest BCUT2D eigenvalue weighted by Gasteiger charge is 2.38. The van der Waals surface area contributed by atoms with Gasteiger partial charge in [0.15, 0.2) is 0 Å². The summed E-state index contributed by atoms with van der Waals surface area (Å²) in [6.07, 6.45) is 6.58. The van der Waals surface area contributed by atoms with Crippen LogP contribution in [0.25, 0.3) is 0 Å². The fourth-order valence-electron chi connectivity index (χ4n) is 4.54. The number of unbranched alkanes of at least 4 members (excludes halogenated alkanes) is 4. The van der Waals surface area contributed by atoms with Gasteiger partial charge >= 0.3 is 6.09 Å². The van der Waals surface area contributed by atoms with E-state index >= 15 is 0 Å². The van der Waals surface area contributed by atoms with E-state index in [1.807, 2.05) is 20.8 Å². The second-order valence-corrected chi connectivity index (χ2v) is 11.7. The van der Waals surface area contributed by atoms with Gasteiger partial charge in [-0.1, -0.05) is 78.4 Å². The van der Waals surface area contributed by atoms with E-state index in [9.17, 15) is 19.5 Å². The molecule has 0 radical (unpaired) electrons. The molecule has 0 aliphatic rings. The van der Waals surface area contributed by atoms with Crippen molar-refractivity contribution in [3.05, 3.63) is 29.8 Å². The van der Waals surface area contributed by atoms with E-state index < -0.39 is 23.8 Å². The SMILES string of the molecule is CCCCCCCN(C(=O)C(NC(=O)OC(C)(C)C)C(C)CC)C(C(=O)NC(C)CCC)c1cccc(O)c1. The predicted molar refractivity (Wildman–Crippen MR) is 156 cm³/mol. The molecule has 1 aromatic carbocycles. The molecule has 0 fully saturated rings. The molecule has 222 valence electrons. The molecule has 39 heavy (non-hydrogen) atoms. The number of amides is 3. The largest absolute Gasteiger partial charge is 0.508 e. The van der Waals surface area contributed by atoms with Crippen molar-refractivity contribution in [1.29, 1.82) is 0 Å². The third-order valence-electron chi connectivity index (χ3n) is 6.79. The number of carbonyl (C=O) groups excluding carboxylic acids is 3. The molecule has 3 N–H and O–H groups in total. The van der Waals surface area contributed by atoms with Crippen molar-refractivity contribution in [1.82, 2.24) is 15.5 Å². The lowest BCUT2D eigenvalue weighted by Gasteiger charge is -2.36. The van der Waals surface area contributed by atoms with E-state index in [2.05, 4.69) is 24.5 Å². The Labute approximate surface area is 236 Å². The molecule has 0 saturated heterocycles. The van der Waals surface area contributed by atoms with Gasteiger partial charge in [-0.3, -0.25) is 9.59 Å². The Bertz CT molecular complexity index is 898. The van der Waals surface area contributed by atoms with Crippen LogP contribution in [0.3, 0.4) is 0 Å². The van der Waals surface area contributed by atoms with Gasteiger partial charge in [0.05, 0.1) is 0 Å². The number of carbonyl (C=O) groups is 3. The number of nitrogens with zero attached hydrogens (tertiary/aromatic N) is 1. The highest BCUT2D eigenvalue weighted by atomic mass is 16.6. The smallest absolute Gasteiger partial charge is 0.408 e. The summed E-state index contributed by atoms with van der Waals surface area (Å²) in [5.41, 5.74) is -0.191.